The summed E-state index contributed by atoms with van der Waals surface area (Å²) in [5.41, 5.74) is 1.01. The van der Waals surface area contributed by atoms with E-state index >= 15 is 0 Å². The molecule has 0 aliphatic carbocycles. The minimum Gasteiger partial charge on any atom is -0.497 e. The van der Waals surface area contributed by atoms with Gasteiger partial charge >= 0.3 is 12.0 Å². The number of aromatic nitrogens is 2. The van der Waals surface area contributed by atoms with E-state index in [-0.39, 0.29) is 12.5 Å². The first-order valence-corrected chi connectivity index (χ1v) is 11.2. The summed E-state index contributed by atoms with van der Waals surface area (Å²) in [6, 6.07) is 11.9. The predicted octanol–water partition coefficient (Wildman–Crippen LogP) is 1.76. The molecule has 3 heterocycles. The van der Waals surface area contributed by atoms with Crippen molar-refractivity contribution in [3.63, 3.8) is 0 Å². The lowest BCUT2D eigenvalue weighted by molar-refractivity contribution is -0.122. The predicted molar refractivity (Wildman–Crippen MR) is 128 cm³/mol. The number of benzene rings is 2. The highest BCUT2D eigenvalue weighted by Crippen LogP contribution is 2.28. The maximum atomic E-state index is 13.0. The molecule has 1 unspecified atom stereocenters. The third-order valence-corrected chi connectivity index (χ3v) is 5.87. The first kappa shape index (κ1) is 22.9. The number of rotatable bonds is 6. The Morgan fingerprint density at radius 1 is 1.17 bits per heavy atom. The molecule has 1 saturated heterocycles. The Morgan fingerprint density at radius 3 is 2.67 bits per heavy atom. The Balaban J connectivity index is 1.38. The lowest BCUT2D eigenvalue weighted by Gasteiger charge is -2.26. The number of carbonyl (C=O) groups excluding carboxylic acids is 3. The van der Waals surface area contributed by atoms with Crippen LogP contribution < -0.4 is 20.7 Å². The van der Waals surface area contributed by atoms with E-state index in [4.69, 9.17) is 9.15 Å². The van der Waals surface area contributed by atoms with Gasteiger partial charge in [-0.25, -0.2) is 4.79 Å². The summed E-state index contributed by atoms with van der Waals surface area (Å²) in [5.74, 6) is 5.88. The van der Waals surface area contributed by atoms with Crippen LogP contribution in [-0.2, 0) is 11.3 Å². The molecule has 1 atom stereocenters. The number of imide groups is 1. The van der Waals surface area contributed by atoms with Crippen LogP contribution in [0.1, 0.15) is 28.4 Å². The zero-order valence-electron chi connectivity index (χ0n) is 19.5. The minimum atomic E-state index is -1.59. The van der Waals surface area contributed by atoms with E-state index in [0.29, 0.717) is 47.4 Å². The second-order valence-corrected chi connectivity index (χ2v) is 8.27. The van der Waals surface area contributed by atoms with Gasteiger partial charge in [0.25, 0.3) is 11.8 Å². The van der Waals surface area contributed by atoms with Crippen LogP contribution in [0.4, 0.5) is 10.8 Å². The number of anilines is 1. The van der Waals surface area contributed by atoms with Gasteiger partial charge in [-0.3, -0.25) is 14.9 Å². The normalized spacial score (nSPS) is 18.3. The van der Waals surface area contributed by atoms with Crippen molar-refractivity contribution in [2.45, 2.75) is 19.0 Å². The summed E-state index contributed by atoms with van der Waals surface area (Å²) >= 11 is 0. The molecule has 1 fully saturated rings. The number of fused-ring (bicyclic) bond motifs is 1. The van der Waals surface area contributed by atoms with Crippen molar-refractivity contribution in [3.05, 3.63) is 59.2 Å². The fourth-order valence-corrected chi connectivity index (χ4v) is 4.05. The van der Waals surface area contributed by atoms with Crippen LogP contribution in [-0.4, -0.2) is 58.7 Å². The Bertz CT molecular complexity index is 1420. The molecule has 0 saturated carbocycles. The van der Waals surface area contributed by atoms with Crippen molar-refractivity contribution in [2.75, 3.05) is 25.5 Å². The molecule has 36 heavy (non-hydrogen) atoms. The van der Waals surface area contributed by atoms with Crippen LogP contribution in [0.15, 0.2) is 46.9 Å². The topological polar surface area (TPSA) is 139 Å². The number of ether oxygens (including phenoxy) is 1. The van der Waals surface area contributed by atoms with E-state index in [9.17, 15) is 14.4 Å². The quantitative estimate of drug-likeness (QED) is 0.354. The molecule has 0 radical (unpaired) electrons. The highest BCUT2D eigenvalue weighted by Gasteiger charge is 2.48. The van der Waals surface area contributed by atoms with Gasteiger partial charge in [-0.1, -0.05) is 23.0 Å². The molecule has 182 valence electrons. The van der Waals surface area contributed by atoms with Gasteiger partial charge in [-0.15, -0.1) is 5.10 Å². The number of amides is 4. The summed E-state index contributed by atoms with van der Waals surface area (Å²) in [7, 11) is 1.53. The van der Waals surface area contributed by atoms with Crippen LogP contribution in [0, 0.1) is 11.8 Å². The van der Waals surface area contributed by atoms with E-state index < -0.39 is 17.5 Å². The highest BCUT2D eigenvalue weighted by molar-refractivity contribution is 6.10. The van der Waals surface area contributed by atoms with Crippen molar-refractivity contribution in [1.82, 2.24) is 25.7 Å². The van der Waals surface area contributed by atoms with Gasteiger partial charge in [0.05, 0.1) is 13.7 Å². The standard InChI is InChI=1S/C25H22N6O5/c1-3-26-24-30-29-20(36-24)16-6-4-15(5-7-16)10-11-25(22(33)27-23(34)28-25)14-31-13-17-8-9-18(35-2)12-19(17)21(31)32/h4-9,12H,3,13-14H2,1-2H3,(H,26,30)(H2,27,28,33,34). The largest absolute Gasteiger partial charge is 0.497 e. The Hall–Kier alpha value is -4.85. The highest BCUT2D eigenvalue weighted by atomic mass is 16.5. The van der Waals surface area contributed by atoms with Crippen LogP contribution in [0.2, 0.25) is 0 Å². The van der Waals surface area contributed by atoms with Gasteiger partial charge < -0.3 is 24.7 Å². The lowest BCUT2D eigenvalue weighted by Crippen LogP contribution is -2.54. The van der Waals surface area contributed by atoms with Gasteiger partial charge in [-0.05, 0) is 48.9 Å². The molecule has 5 rings (SSSR count). The van der Waals surface area contributed by atoms with Crippen molar-refractivity contribution >= 4 is 23.9 Å². The SMILES string of the molecule is CCNc1nnc(-c2ccc(C#CC3(CN4Cc5ccc(OC)cc5C4=O)NC(=O)NC3=O)cc2)o1. The van der Waals surface area contributed by atoms with Gasteiger partial charge in [-0.2, -0.15) is 0 Å². The second kappa shape index (κ2) is 9.07. The zero-order valence-corrected chi connectivity index (χ0v) is 19.5. The van der Waals surface area contributed by atoms with Gasteiger partial charge in [0.1, 0.15) is 5.75 Å². The third kappa shape index (κ3) is 4.20. The van der Waals surface area contributed by atoms with E-state index in [2.05, 4.69) is 38.0 Å². The van der Waals surface area contributed by atoms with E-state index in [1.165, 1.54) is 12.0 Å². The Kier molecular flexibility index (Phi) is 5.77. The lowest BCUT2D eigenvalue weighted by atomic mass is 9.99. The van der Waals surface area contributed by atoms with Crippen LogP contribution in [0.3, 0.4) is 0 Å². The fourth-order valence-electron chi connectivity index (χ4n) is 4.05. The van der Waals surface area contributed by atoms with Gasteiger partial charge in [0, 0.05) is 29.8 Å². The van der Waals surface area contributed by atoms with E-state index in [0.717, 1.165) is 5.56 Å². The Labute approximate surface area is 206 Å². The molecular weight excluding hydrogens is 464 g/mol. The molecule has 2 aromatic carbocycles. The van der Waals surface area contributed by atoms with Crippen LogP contribution in [0.25, 0.3) is 11.5 Å². The molecule has 11 heteroatoms. The molecular formula is C25H22N6O5. The number of urea groups is 1. The smallest absolute Gasteiger partial charge is 0.323 e. The minimum absolute atomic E-state index is 0.110. The molecule has 1 aromatic heterocycles. The molecule has 3 aromatic rings. The number of carbonyl (C=O) groups is 3. The van der Waals surface area contributed by atoms with Crippen molar-refractivity contribution in [3.8, 4) is 29.0 Å². The summed E-state index contributed by atoms with van der Waals surface area (Å²) < 4.78 is 10.8. The third-order valence-electron chi connectivity index (χ3n) is 5.87. The van der Waals surface area contributed by atoms with Gasteiger partial charge in [0.2, 0.25) is 11.4 Å². The number of nitrogens with one attached hydrogen (secondary N) is 3. The fraction of sp³-hybridized carbons (Fsp3) is 0.240. The molecule has 2 aliphatic rings. The first-order chi connectivity index (χ1) is 17.4. The average Bonchev–Trinajstić information content (AvgIpc) is 3.55. The Morgan fingerprint density at radius 2 is 1.97 bits per heavy atom. The first-order valence-electron chi connectivity index (χ1n) is 11.2. The van der Waals surface area contributed by atoms with Crippen molar-refractivity contribution < 1.29 is 23.5 Å². The molecule has 0 spiro atoms. The summed E-state index contributed by atoms with van der Waals surface area (Å²) in [6.07, 6.45) is 0. The number of hydrogen-bond donors (Lipinski definition) is 3. The summed E-state index contributed by atoms with van der Waals surface area (Å²) in [6.45, 7) is 2.76. The van der Waals surface area contributed by atoms with Crippen LogP contribution in [0.5, 0.6) is 5.75 Å². The molecule has 11 nitrogen and oxygen atoms in total. The molecule has 2 aliphatic heterocycles. The number of hydrogen-bond acceptors (Lipinski definition) is 8. The van der Waals surface area contributed by atoms with Crippen molar-refractivity contribution in [2.24, 2.45) is 0 Å². The maximum Gasteiger partial charge on any atom is 0.323 e. The van der Waals surface area contributed by atoms with Crippen LogP contribution >= 0.6 is 0 Å². The average molecular weight is 486 g/mol. The molecule has 3 N–H and O–H groups in total. The molecule has 4 amide bonds. The number of methoxy groups -OCH3 is 1. The second-order valence-electron chi connectivity index (χ2n) is 8.27. The van der Waals surface area contributed by atoms with E-state index in [1.807, 2.05) is 13.0 Å². The van der Waals surface area contributed by atoms with Crippen molar-refractivity contribution in [1.29, 1.82) is 0 Å². The summed E-state index contributed by atoms with van der Waals surface area (Å²) in [5, 5.41) is 15.7. The molecule has 0 bridgehead atoms. The summed E-state index contributed by atoms with van der Waals surface area (Å²) in [4.78, 5) is 39.3. The van der Waals surface area contributed by atoms with E-state index in [1.54, 1.807) is 36.4 Å². The monoisotopic (exact) mass is 486 g/mol. The zero-order chi connectivity index (χ0) is 25.3. The van der Waals surface area contributed by atoms with Gasteiger partial charge in [0.15, 0.2) is 0 Å². The number of nitrogens with zero attached hydrogens (tertiary/aromatic N) is 3. The maximum absolute atomic E-state index is 13.0.